The predicted molar refractivity (Wildman–Crippen MR) is 104 cm³/mol. The monoisotopic (exact) mass is 384 g/mol. The summed E-state index contributed by atoms with van der Waals surface area (Å²) in [6.07, 6.45) is 5.53. The molecule has 0 spiro atoms. The van der Waals surface area contributed by atoms with Crippen LogP contribution >= 0.6 is 0 Å². The van der Waals surface area contributed by atoms with E-state index < -0.39 is 0 Å². The Labute approximate surface area is 165 Å². The highest BCUT2D eigenvalue weighted by molar-refractivity contribution is 5.94. The third kappa shape index (κ3) is 4.23. The van der Waals surface area contributed by atoms with Crippen molar-refractivity contribution in [3.05, 3.63) is 41.7 Å². The number of benzene rings is 1. The van der Waals surface area contributed by atoms with Crippen LogP contribution in [0.1, 0.15) is 48.3 Å². The molecule has 28 heavy (non-hydrogen) atoms. The molecule has 3 heterocycles. The zero-order valence-corrected chi connectivity index (χ0v) is 16.3. The van der Waals surface area contributed by atoms with Crippen LogP contribution in [0.5, 0.6) is 0 Å². The van der Waals surface area contributed by atoms with E-state index >= 15 is 0 Å². The van der Waals surface area contributed by atoms with Gasteiger partial charge in [-0.05, 0) is 48.2 Å². The van der Waals surface area contributed by atoms with Crippen LogP contribution in [0.3, 0.4) is 0 Å². The van der Waals surface area contributed by atoms with Crippen molar-refractivity contribution in [1.29, 1.82) is 0 Å². The number of fused-ring (bicyclic) bond motifs is 2. The van der Waals surface area contributed by atoms with Gasteiger partial charge in [-0.15, -0.1) is 5.10 Å². The smallest absolute Gasteiger partial charge is 0.251 e. The first-order valence-electron chi connectivity index (χ1n) is 10.1. The van der Waals surface area contributed by atoms with Gasteiger partial charge in [0.2, 0.25) is 0 Å². The molecular weight excluding hydrogens is 356 g/mol. The summed E-state index contributed by atoms with van der Waals surface area (Å²) in [5.74, 6) is 0.918. The van der Waals surface area contributed by atoms with Crippen LogP contribution in [-0.4, -0.2) is 62.9 Å². The lowest BCUT2D eigenvalue weighted by atomic mass is 9.81. The second kappa shape index (κ2) is 8.79. The van der Waals surface area contributed by atoms with E-state index in [-0.39, 0.29) is 11.9 Å². The quantitative estimate of drug-likeness (QED) is 0.781. The zero-order valence-electron chi connectivity index (χ0n) is 16.3. The number of nitrogens with zero attached hydrogens (tertiary/aromatic N) is 5. The summed E-state index contributed by atoms with van der Waals surface area (Å²) in [6.45, 7) is 2.02. The fourth-order valence-corrected chi connectivity index (χ4v) is 4.56. The van der Waals surface area contributed by atoms with Gasteiger partial charge in [0, 0.05) is 30.8 Å². The number of piperidine rings is 2. The summed E-state index contributed by atoms with van der Waals surface area (Å²) in [6, 6.07) is 10.6. The molecular formula is C20H28N6O2. The molecule has 2 aromatic rings. The Hall–Kier alpha value is -2.32. The molecule has 1 aromatic heterocycles. The van der Waals surface area contributed by atoms with Crippen molar-refractivity contribution in [3.63, 3.8) is 0 Å². The number of aromatic nitrogens is 4. The summed E-state index contributed by atoms with van der Waals surface area (Å²) < 4.78 is 6.99. The number of ether oxygens (including phenoxy) is 1. The van der Waals surface area contributed by atoms with Gasteiger partial charge in [-0.2, -0.15) is 0 Å². The van der Waals surface area contributed by atoms with Gasteiger partial charge in [0.05, 0.1) is 19.7 Å². The first-order valence-corrected chi connectivity index (χ1v) is 10.1. The van der Waals surface area contributed by atoms with Crippen LogP contribution in [-0.2, 0) is 17.8 Å². The van der Waals surface area contributed by atoms with E-state index in [9.17, 15) is 4.79 Å². The summed E-state index contributed by atoms with van der Waals surface area (Å²) in [5.41, 5.74) is 0.729. The Morgan fingerprint density at radius 3 is 2.68 bits per heavy atom. The molecule has 2 fully saturated rings. The number of carbonyl (C=O) groups is 1. The van der Waals surface area contributed by atoms with Crippen LogP contribution in [0.4, 0.5) is 0 Å². The SMILES string of the molecule is COCCn1nnnc1CN1[C@@H]2CCC[C@@H]1CC(NC(=O)c1ccccc1)C2. The molecule has 1 aromatic carbocycles. The summed E-state index contributed by atoms with van der Waals surface area (Å²) in [7, 11) is 1.68. The molecule has 2 saturated heterocycles. The average molecular weight is 384 g/mol. The molecule has 2 atom stereocenters. The number of hydrogen-bond donors (Lipinski definition) is 1. The number of methoxy groups -OCH3 is 1. The van der Waals surface area contributed by atoms with Crippen molar-refractivity contribution in [1.82, 2.24) is 30.4 Å². The molecule has 4 rings (SSSR count). The van der Waals surface area contributed by atoms with Crippen LogP contribution in [0.2, 0.25) is 0 Å². The summed E-state index contributed by atoms with van der Waals surface area (Å²) >= 11 is 0. The minimum absolute atomic E-state index is 0.0284. The second-order valence-electron chi connectivity index (χ2n) is 7.73. The van der Waals surface area contributed by atoms with E-state index in [0.717, 1.165) is 43.6 Å². The van der Waals surface area contributed by atoms with E-state index in [1.807, 2.05) is 35.0 Å². The van der Waals surface area contributed by atoms with Gasteiger partial charge in [-0.1, -0.05) is 24.6 Å². The number of nitrogens with one attached hydrogen (secondary N) is 1. The Kier molecular flexibility index (Phi) is 5.97. The Bertz CT molecular complexity index is 766. The van der Waals surface area contributed by atoms with Crippen LogP contribution in [0.25, 0.3) is 0 Å². The molecule has 1 amide bonds. The highest BCUT2D eigenvalue weighted by Crippen LogP contribution is 2.35. The van der Waals surface area contributed by atoms with Crippen molar-refractivity contribution in [2.24, 2.45) is 0 Å². The number of carbonyl (C=O) groups excluding carboxylic acids is 1. The standard InChI is InChI=1S/C20H28N6O2/c1-28-11-10-26-19(22-23-24-26)14-25-17-8-5-9-18(25)13-16(12-17)21-20(27)15-6-3-2-4-7-15/h2-4,6-7,16-18H,5,8-14H2,1H3,(H,21,27)/t17-,18-/m1/s1. The van der Waals surface area contributed by atoms with E-state index in [1.54, 1.807) is 7.11 Å². The molecule has 8 nitrogen and oxygen atoms in total. The van der Waals surface area contributed by atoms with Crippen LogP contribution in [0, 0.1) is 0 Å². The van der Waals surface area contributed by atoms with Crippen molar-refractivity contribution < 1.29 is 9.53 Å². The topological polar surface area (TPSA) is 85.2 Å². The maximum absolute atomic E-state index is 12.5. The normalized spacial score (nSPS) is 24.8. The first kappa shape index (κ1) is 19.0. The molecule has 150 valence electrons. The lowest BCUT2D eigenvalue weighted by molar-refractivity contribution is 0.0145. The molecule has 2 aliphatic heterocycles. The van der Waals surface area contributed by atoms with E-state index in [1.165, 1.54) is 6.42 Å². The number of hydrogen-bond acceptors (Lipinski definition) is 6. The number of tetrazole rings is 1. The van der Waals surface area contributed by atoms with Crippen LogP contribution < -0.4 is 5.32 Å². The van der Waals surface area contributed by atoms with Gasteiger partial charge >= 0.3 is 0 Å². The van der Waals surface area contributed by atoms with Crippen LogP contribution in [0.15, 0.2) is 30.3 Å². The molecule has 0 saturated carbocycles. The maximum atomic E-state index is 12.5. The molecule has 2 bridgehead atoms. The Balaban J connectivity index is 1.40. The zero-order chi connectivity index (χ0) is 19.3. The van der Waals surface area contributed by atoms with Gasteiger partial charge in [-0.3, -0.25) is 9.69 Å². The van der Waals surface area contributed by atoms with Gasteiger partial charge in [0.25, 0.3) is 5.91 Å². The fourth-order valence-electron chi connectivity index (χ4n) is 4.56. The highest BCUT2D eigenvalue weighted by Gasteiger charge is 2.39. The minimum atomic E-state index is 0.0284. The third-order valence-electron chi connectivity index (χ3n) is 5.93. The predicted octanol–water partition coefficient (Wildman–Crippen LogP) is 1.64. The van der Waals surface area contributed by atoms with Gasteiger partial charge < -0.3 is 10.1 Å². The second-order valence-corrected chi connectivity index (χ2v) is 7.73. The summed E-state index contributed by atoms with van der Waals surface area (Å²) in [4.78, 5) is 15.1. The van der Waals surface area contributed by atoms with Crippen molar-refractivity contribution >= 4 is 5.91 Å². The lowest BCUT2D eigenvalue weighted by Crippen LogP contribution is -2.56. The fraction of sp³-hybridized carbons (Fsp3) is 0.600. The Morgan fingerprint density at radius 2 is 1.96 bits per heavy atom. The maximum Gasteiger partial charge on any atom is 0.251 e. The first-order chi connectivity index (χ1) is 13.7. The average Bonchev–Trinajstić information content (AvgIpc) is 3.14. The molecule has 0 aliphatic carbocycles. The molecule has 8 heteroatoms. The van der Waals surface area contributed by atoms with E-state index in [0.29, 0.717) is 25.2 Å². The number of rotatable bonds is 7. The van der Waals surface area contributed by atoms with E-state index in [4.69, 9.17) is 4.74 Å². The number of amides is 1. The molecule has 2 aliphatic rings. The molecule has 0 radical (unpaired) electrons. The van der Waals surface area contributed by atoms with Gasteiger partial charge in [0.1, 0.15) is 0 Å². The van der Waals surface area contributed by atoms with Crippen molar-refractivity contribution in [3.8, 4) is 0 Å². The Morgan fingerprint density at radius 1 is 1.21 bits per heavy atom. The summed E-state index contributed by atoms with van der Waals surface area (Å²) in [5, 5.41) is 15.4. The van der Waals surface area contributed by atoms with Crippen molar-refractivity contribution in [2.75, 3.05) is 13.7 Å². The lowest BCUT2D eigenvalue weighted by Gasteiger charge is -2.48. The van der Waals surface area contributed by atoms with Gasteiger partial charge in [0.15, 0.2) is 5.82 Å². The third-order valence-corrected chi connectivity index (χ3v) is 5.93. The largest absolute Gasteiger partial charge is 0.383 e. The van der Waals surface area contributed by atoms with Crippen molar-refractivity contribution in [2.45, 2.75) is 63.3 Å². The molecule has 0 unspecified atom stereocenters. The minimum Gasteiger partial charge on any atom is -0.383 e. The van der Waals surface area contributed by atoms with Gasteiger partial charge in [-0.25, -0.2) is 4.68 Å². The van der Waals surface area contributed by atoms with E-state index in [2.05, 4.69) is 25.7 Å². The highest BCUT2D eigenvalue weighted by atomic mass is 16.5. The molecule has 1 N–H and O–H groups in total.